The minimum Gasteiger partial charge on any atom is -0.382 e. The Balaban J connectivity index is 2.79. The molecular formula is C10H13ClN4. The Morgan fingerprint density at radius 1 is 1.40 bits per heavy atom. The molecule has 80 valence electrons. The van der Waals surface area contributed by atoms with Gasteiger partial charge in [0.15, 0.2) is 11.5 Å². The number of nitrogens with two attached hydrogens (primary N) is 1. The molecule has 2 heterocycles. The topological polar surface area (TPSA) is 56.7 Å². The van der Waals surface area contributed by atoms with Crippen molar-refractivity contribution in [1.29, 1.82) is 0 Å². The van der Waals surface area contributed by atoms with Gasteiger partial charge in [0.1, 0.15) is 0 Å². The van der Waals surface area contributed by atoms with Gasteiger partial charge in [0.25, 0.3) is 0 Å². The molecule has 0 unspecified atom stereocenters. The van der Waals surface area contributed by atoms with Crippen LogP contribution in [0.2, 0.25) is 5.02 Å². The van der Waals surface area contributed by atoms with Gasteiger partial charge in [0.2, 0.25) is 0 Å². The molecule has 2 aromatic heterocycles. The number of halogens is 1. The number of rotatable bonds is 0. The molecule has 0 aliphatic carbocycles. The molecule has 0 amide bonds. The fourth-order valence-corrected chi connectivity index (χ4v) is 1.62. The van der Waals surface area contributed by atoms with E-state index in [9.17, 15) is 0 Å². The van der Waals surface area contributed by atoms with Crippen molar-refractivity contribution in [2.24, 2.45) is 0 Å². The SMILES string of the molecule is CC(C)(C)n1nc(N)c2cc(Cl)cnc21. The van der Waals surface area contributed by atoms with Crippen LogP contribution < -0.4 is 5.73 Å². The van der Waals surface area contributed by atoms with Crippen molar-refractivity contribution in [1.82, 2.24) is 14.8 Å². The molecule has 0 radical (unpaired) electrons. The average molecular weight is 225 g/mol. The third-order valence-electron chi connectivity index (χ3n) is 2.15. The Morgan fingerprint density at radius 2 is 2.07 bits per heavy atom. The van der Waals surface area contributed by atoms with Crippen LogP contribution in [0.1, 0.15) is 20.8 Å². The maximum atomic E-state index is 5.86. The van der Waals surface area contributed by atoms with E-state index >= 15 is 0 Å². The number of fused-ring (bicyclic) bond motifs is 1. The van der Waals surface area contributed by atoms with E-state index in [1.807, 2.05) is 4.68 Å². The largest absolute Gasteiger partial charge is 0.382 e. The van der Waals surface area contributed by atoms with E-state index in [0.717, 1.165) is 11.0 Å². The summed E-state index contributed by atoms with van der Waals surface area (Å²) >= 11 is 5.86. The quantitative estimate of drug-likeness (QED) is 0.748. The molecule has 0 saturated heterocycles. The summed E-state index contributed by atoms with van der Waals surface area (Å²) in [6.07, 6.45) is 1.60. The highest BCUT2D eigenvalue weighted by molar-refractivity contribution is 6.31. The molecule has 4 nitrogen and oxygen atoms in total. The Hall–Kier alpha value is -1.29. The normalized spacial score (nSPS) is 12.3. The van der Waals surface area contributed by atoms with Gasteiger partial charge in [-0.3, -0.25) is 0 Å². The molecule has 0 saturated carbocycles. The predicted molar refractivity (Wildman–Crippen MR) is 61.9 cm³/mol. The number of anilines is 1. The van der Waals surface area contributed by atoms with Crippen molar-refractivity contribution in [2.45, 2.75) is 26.3 Å². The van der Waals surface area contributed by atoms with Crippen molar-refractivity contribution < 1.29 is 0 Å². The molecule has 0 bridgehead atoms. The van der Waals surface area contributed by atoms with Gasteiger partial charge >= 0.3 is 0 Å². The van der Waals surface area contributed by atoms with Crippen molar-refractivity contribution in [3.8, 4) is 0 Å². The van der Waals surface area contributed by atoms with Gasteiger partial charge in [-0.15, -0.1) is 0 Å². The Kier molecular flexibility index (Phi) is 2.12. The lowest BCUT2D eigenvalue weighted by Gasteiger charge is -2.19. The summed E-state index contributed by atoms with van der Waals surface area (Å²) in [5.74, 6) is 0.468. The fourth-order valence-electron chi connectivity index (χ4n) is 1.47. The second kappa shape index (κ2) is 3.10. The second-order valence-electron chi connectivity index (χ2n) is 4.49. The lowest BCUT2D eigenvalue weighted by atomic mass is 10.1. The Morgan fingerprint density at radius 3 is 2.67 bits per heavy atom. The monoisotopic (exact) mass is 224 g/mol. The lowest BCUT2D eigenvalue weighted by Crippen LogP contribution is -2.23. The van der Waals surface area contributed by atoms with Gasteiger partial charge in [-0.2, -0.15) is 5.10 Å². The van der Waals surface area contributed by atoms with Crippen LogP contribution in [0.15, 0.2) is 12.3 Å². The highest BCUT2D eigenvalue weighted by atomic mass is 35.5. The maximum Gasteiger partial charge on any atom is 0.160 e. The average Bonchev–Trinajstić information content (AvgIpc) is 2.43. The van der Waals surface area contributed by atoms with Gasteiger partial charge in [-0.1, -0.05) is 11.6 Å². The molecule has 2 rings (SSSR count). The van der Waals surface area contributed by atoms with Gasteiger partial charge in [-0.25, -0.2) is 9.67 Å². The van der Waals surface area contributed by atoms with Crippen LogP contribution in [0.5, 0.6) is 0 Å². The van der Waals surface area contributed by atoms with Crippen LogP contribution in [-0.2, 0) is 5.54 Å². The summed E-state index contributed by atoms with van der Waals surface area (Å²) in [7, 11) is 0. The van der Waals surface area contributed by atoms with E-state index in [1.165, 1.54) is 0 Å². The van der Waals surface area contributed by atoms with E-state index in [1.54, 1.807) is 12.3 Å². The molecule has 2 N–H and O–H groups in total. The number of hydrogen-bond acceptors (Lipinski definition) is 3. The van der Waals surface area contributed by atoms with Crippen LogP contribution in [0.25, 0.3) is 11.0 Å². The second-order valence-corrected chi connectivity index (χ2v) is 4.93. The molecule has 5 heteroatoms. The minimum absolute atomic E-state index is 0.142. The predicted octanol–water partition coefficient (Wildman–Crippen LogP) is 2.42. The fraction of sp³-hybridized carbons (Fsp3) is 0.400. The van der Waals surface area contributed by atoms with Crippen molar-refractivity contribution in [3.63, 3.8) is 0 Å². The highest BCUT2D eigenvalue weighted by Gasteiger charge is 2.20. The highest BCUT2D eigenvalue weighted by Crippen LogP contribution is 2.26. The standard InChI is InChI=1S/C10H13ClN4/c1-10(2,3)15-9-7(8(12)14-15)4-6(11)5-13-9/h4-5H,1-3H3,(H2,12,14). The summed E-state index contributed by atoms with van der Waals surface area (Å²) in [4.78, 5) is 4.26. The molecule has 0 fully saturated rings. The molecular weight excluding hydrogens is 212 g/mol. The molecule has 0 atom stereocenters. The van der Waals surface area contributed by atoms with E-state index in [0.29, 0.717) is 10.8 Å². The first-order valence-corrected chi connectivity index (χ1v) is 5.07. The summed E-state index contributed by atoms with van der Waals surface area (Å²) in [6, 6.07) is 1.79. The van der Waals surface area contributed by atoms with E-state index in [4.69, 9.17) is 17.3 Å². The summed E-state index contributed by atoms with van der Waals surface area (Å²) in [6.45, 7) is 6.15. The zero-order valence-electron chi connectivity index (χ0n) is 8.95. The van der Waals surface area contributed by atoms with Crippen LogP contribution in [0, 0.1) is 0 Å². The van der Waals surface area contributed by atoms with Gasteiger partial charge in [0.05, 0.1) is 15.9 Å². The van der Waals surface area contributed by atoms with Crippen molar-refractivity contribution in [3.05, 3.63) is 17.3 Å². The van der Waals surface area contributed by atoms with Gasteiger partial charge < -0.3 is 5.73 Å². The molecule has 0 aliphatic rings. The lowest BCUT2D eigenvalue weighted by molar-refractivity contribution is 0.367. The number of aromatic nitrogens is 3. The third kappa shape index (κ3) is 1.65. The Bertz CT molecular complexity index is 510. The van der Waals surface area contributed by atoms with Gasteiger partial charge in [-0.05, 0) is 26.8 Å². The van der Waals surface area contributed by atoms with E-state index in [-0.39, 0.29) is 5.54 Å². The molecule has 0 spiro atoms. The van der Waals surface area contributed by atoms with Crippen molar-refractivity contribution >= 4 is 28.5 Å². The van der Waals surface area contributed by atoms with E-state index in [2.05, 4.69) is 30.9 Å². The molecule has 0 aliphatic heterocycles. The molecule has 15 heavy (non-hydrogen) atoms. The Labute approximate surface area is 93.0 Å². The summed E-state index contributed by atoms with van der Waals surface area (Å²) < 4.78 is 1.81. The first kappa shape index (κ1) is 10.2. The smallest absolute Gasteiger partial charge is 0.160 e. The summed E-state index contributed by atoms with van der Waals surface area (Å²) in [5, 5.41) is 5.65. The van der Waals surface area contributed by atoms with Crippen LogP contribution in [-0.4, -0.2) is 14.8 Å². The summed E-state index contributed by atoms with van der Waals surface area (Å²) in [5.41, 5.74) is 6.44. The molecule has 0 aromatic carbocycles. The third-order valence-corrected chi connectivity index (χ3v) is 2.36. The zero-order chi connectivity index (χ0) is 11.2. The van der Waals surface area contributed by atoms with Crippen LogP contribution in [0.4, 0.5) is 5.82 Å². The number of hydrogen-bond donors (Lipinski definition) is 1. The van der Waals surface area contributed by atoms with Crippen LogP contribution >= 0.6 is 11.6 Å². The van der Waals surface area contributed by atoms with Gasteiger partial charge in [0, 0.05) is 6.20 Å². The number of nitrogen functional groups attached to an aromatic ring is 1. The first-order valence-electron chi connectivity index (χ1n) is 4.70. The number of pyridine rings is 1. The zero-order valence-corrected chi connectivity index (χ0v) is 9.71. The van der Waals surface area contributed by atoms with Crippen molar-refractivity contribution in [2.75, 3.05) is 5.73 Å². The maximum absolute atomic E-state index is 5.86. The number of nitrogens with zero attached hydrogens (tertiary/aromatic N) is 3. The molecule has 2 aromatic rings. The van der Waals surface area contributed by atoms with E-state index < -0.39 is 0 Å². The first-order chi connectivity index (χ1) is 6.89. The van der Waals surface area contributed by atoms with Crippen LogP contribution in [0.3, 0.4) is 0 Å². The minimum atomic E-state index is -0.142.